The third kappa shape index (κ3) is 4.51. The number of hydrogen-bond donors (Lipinski definition) is 4. The van der Waals surface area contributed by atoms with E-state index in [0.29, 0.717) is 25.9 Å². The standard InChI is InChI=1S/C20H21N7O6/c21-16(29)10-4-6-26(7-5-10)20-24-17-15(19(31)25-20)13(9-14(28)23-17)18(30)22-11-2-1-3-12(8-11)27(32)33/h1-3,8,10,13H,4-7,9H2,(H2,21,29)(H,22,30)(H2,23,24,25,28,31)/t13-/m1/s1. The molecule has 1 fully saturated rings. The Morgan fingerprint density at radius 3 is 2.64 bits per heavy atom. The van der Waals surface area contributed by atoms with E-state index in [0.717, 1.165) is 0 Å². The molecular weight excluding hydrogens is 434 g/mol. The number of nitrogens with zero attached hydrogens (tertiary/aromatic N) is 3. The van der Waals surface area contributed by atoms with Gasteiger partial charge in [0.25, 0.3) is 11.2 Å². The number of rotatable bonds is 5. The minimum Gasteiger partial charge on any atom is -0.369 e. The molecule has 0 unspecified atom stereocenters. The van der Waals surface area contributed by atoms with Crippen molar-refractivity contribution >= 4 is 40.9 Å². The normalized spacial score (nSPS) is 18.2. The molecule has 13 nitrogen and oxygen atoms in total. The summed E-state index contributed by atoms with van der Waals surface area (Å²) in [7, 11) is 0. The van der Waals surface area contributed by atoms with Gasteiger partial charge in [0.1, 0.15) is 5.82 Å². The van der Waals surface area contributed by atoms with Crippen LogP contribution in [0.4, 0.5) is 23.1 Å². The predicted molar refractivity (Wildman–Crippen MR) is 117 cm³/mol. The first-order chi connectivity index (χ1) is 15.7. The van der Waals surface area contributed by atoms with Crippen molar-refractivity contribution in [1.82, 2.24) is 9.97 Å². The van der Waals surface area contributed by atoms with E-state index in [4.69, 9.17) is 5.73 Å². The summed E-state index contributed by atoms with van der Waals surface area (Å²) in [5.74, 6) is -2.67. The number of piperidine rings is 1. The Hall–Kier alpha value is -4.29. The van der Waals surface area contributed by atoms with Gasteiger partial charge in [-0.15, -0.1) is 0 Å². The fraction of sp³-hybridized carbons (Fsp3) is 0.350. The number of amides is 3. The predicted octanol–water partition coefficient (Wildman–Crippen LogP) is 0.444. The molecule has 4 rings (SSSR count). The number of non-ortho nitro benzene ring substituents is 1. The zero-order valence-corrected chi connectivity index (χ0v) is 17.4. The third-order valence-electron chi connectivity index (χ3n) is 5.78. The smallest absolute Gasteiger partial charge is 0.271 e. The van der Waals surface area contributed by atoms with Crippen molar-refractivity contribution in [3.05, 3.63) is 50.3 Å². The van der Waals surface area contributed by atoms with Crippen LogP contribution in [0.25, 0.3) is 0 Å². The molecule has 13 heteroatoms. The van der Waals surface area contributed by atoms with Crippen molar-refractivity contribution < 1.29 is 19.3 Å². The highest BCUT2D eigenvalue weighted by molar-refractivity contribution is 6.04. The van der Waals surface area contributed by atoms with E-state index in [9.17, 15) is 29.3 Å². The molecule has 2 aromatic rings. The van der Waals surface area contributed by atoms with Crippen molar-refractivity contribution in [2.75, 3.05) is 28.6 Å². The van der Waals surface area contributed by atoms with Crippen LogP contribution >= 0.6 is 0 Å². The molecule has 172 valence electrons. The van der Waals surface area contributed by atoms with Gasteiger partial charge in [0.05, 0.1) is 16.4 Å². The van der Waals surface area contributed by atoms with Crippen molar-refractivity contribution in [1.29, 1.82) is 0 Å². The molecule has 0 radical (unpaired) electrons. The summed E-state index contributed by atoms with van der Waals surface area (Å²) in [5, 5.41) is 16.0. The van der Waals surface area contributed by atoms with Crippen LogP contribution in [-0.4, -0.2) is 45.7 Å². The highest BCUT2D eigenvalue weighted by Crippen LogP contribution is 2.31. The maximum atomic E-state index is 12.9. The molecule has 0 spiro atoms. The van der Waals surface area contributed by atoms with E-state index < -0.39 is 28.2 Å². The number of carbonyl (C=O) groups excluding carboxylic acids is 3. The van der Waals surface area contributed by atoms with Crippen LogP contribution in [0.1, 0.15) is 30.7 Å². The van der Waals surface area contributed by atoms with E-state index >= 15 is 0 Å². The first-order valence-electron chi connectivity index (χ1n) is 10.3. The summed E-state index contributed by atoms with van der Waals surface area (Å²) in [6, 6.07) is 5.34. The highest BCUT2D eigenvalue weighted by Gasteiger charge is 2.35. The largest absolute Gasteiger partial charge is 0.369 e. The van der Waals surface area contributed by atoms with Gasteiger partial charge in [-0.3, -0.25) is 34.3 Å². The van der Waals surface area contributed by atoms with Gasteiger partial charge in [-0.05, 0) is 18.9 Å². The first kappa shape index (κ1) is 21.9. The number of fused-ring (bicyclic) bond motifs is 1. The number of nitro groups is 1. The quantitative estimate of drug-likeness (QED) is 0.368. The zero-order valence-electron chi connectivity index (χ0n) is 17.4. The molecule has 0 aliphatic carbocycles. The van der Waals surface area contributed by atoms with Gasteiger partial charge >= 0.3 is 0 Å². The second-order valence-electron chi connectivity index (χ2n) is 7.92. The van der Waals surface area contributed by atoms with E-state index in [-0.39, 0.29) is 47.0 Å². The lowest BCUT2D eigenvalue weighted by atomic mass is 9.92. The number of aromatic amines is 1. The number of carbonyl (C=O) groups is 3. The lowest BCUT2D eigenvalue weighted by Gasteiger charge is -2.32. The summed E-state index contributed by atoms with van der Waals surface area (Å²) in [5.41, 5.74) is 4.74. The van der Waals surface area contributed by atoms with E-state index in [1.165, 1.54) is 24.3 Å². The molecular formula is C20H21N7O6. The molecule has 1 saturated heterocycles. The zero-order chi connectivity index (χ0) is 23.7. The van der Waals surface area contributed by atoms with E-state index in [1.807, 2.05) is 0 Å². The number of anilines is 3. The monoisotopic (exact) mass is 455 g/mol. The lowest BCUT2D eigenvalue weighted by Crippen LogP contribution is -2.41. The Kier molecular flexibility index (Phi) is 5.77. The van der Waals surface area contributed by atoms with Gasteiger partial charge in [-0.2, -0.15) is 4.98 Å². The topological polar surface area (TPSA) is 193 Å². The van der Waals surface area contributed by atoms with Gasteiger partial charge < -0.3 is 21.3 Å². The van der Waals surface area contributed by atoms with Crippen LogP contribution in [0.3, 0.4) is 0 Å². The number of nitro benzene ring substituents is 1. The molecule has 0 bridgehead atoms. The molecule has 5 N–H and O–H groups in total. The maximum absolute atomic E-state index is 12.9. The van der Waals surface area contributed by atoms with Gasteiger partial charge in [-0.1, -0.05) is 6.07 Å². The molecule has 2 aliphatic heterocycles. The highest BCUT2D eigenvalue weighted by atomic mass is 16.6. The van der Waals surface area contributed by atoms with Crippen molar-refractivity contribution in [2.45, 2.75) is 25.2 Å². The van der Waals surface area contributed by atoms with Crippen LogP contribution in [0.2, 0.25) is 0 Å². The number of aromatic nitrogens is 2. The third-order valence-corrected chi connectivity index (χ3v) is 5.78. The molecule has 1 aromatic heterocycles. The van der Waals surface area contributed by atoms with Gasteiger partial charge in [0.15, 0.2) is 0 Å². The van der Waals surface area contributed by atoms with Crippen LogP contribution in [0, 0.1) is 16.0 Å². The van der Waals surface area contributed by atoms with Crippen molar-refractivity contribution in [3.63, 3.8) is 0 Å². The number of H-pyrrole nitrogens is 1. The fourth-order valence-electron chi connectivity index (χ4n) is 4.04. The average Bonchev–Trinajstić information content (AvgIpc) is 2.78. The van der Waals surface area contributed by atoms with Crippen LogP contribution in [0.15, 0.2) is 29.1 Å². The molecule has 3 amide bonds. The summed E-state index contributed by atoms with van der Waals surface area (Å²) >= 11 is 0. The second kappa shape index (κ2) is 8.68. The lowest BCUT2D eigenvalue weighted by molar-refractivity contribution is -0.384. The minimum absolute atomic E-state index is 0.00769. The summed E-state index contributed by atoms with van der Waals surface area (Å²) in [6.07, 6.45) is 0.745. The SMILES string of the molecule is NC(=O)C1CCN(c2nc3c(c(=O)[nH]2)[C@H](C(=O)Nc2cccc([N+](=O)[O-])c2)CC(=O)N3)CC1. The van der Waals surface area contributed by atoms with Crippen LogP contribution in [0.5, 0.6) is 0 Å². The Balaban J connectivity index is 1.58. The molecule has 3 heterocycles. The van der Waals surface area contributed by atoms with Gasteiger partial charge in [-0.25, -0.2) is 0 Å². The molecule has 1 aromatic carbocycles. The van der Waals surface area contributed by atoms with Gasteiger partial charge in [0.2, 0.25) is 23.7 Å². The number of benzene rings is 1. The van der Waals surface area contributed by atoms with Crippen LogP contribution < -0.4 is 26.8 Å². The minimum atomic E-state index is -1.13. The number of nitrogens with one attached hydrogen (secondary N) is 3. The number of hydrogen-bond acceptors (Lipinski definition) is 8. The van der Waals surface area contributed by atoms with Crippen molar-refractivity contribution in [2.24, 2.45) is 11.7 Å². The maximum Gasteiger partial charge on any atom is 0.271 e. The van der Waals surface area contributed by atoms with Crippen LogP contribution in [-0.2, 0) is 14.4 Å². The Labute approximate surface area is 186 Å². The average molecular weight is 455 g/mol. The Morgan fingerprint density at radius 2 is 1.97 bits per heavy atom. The summed E-state index contributed by atoms with van der Waals surface area (Å²) in [4.78, 5) is 68.6. The number of nitrogens with two attached hydrogens (primary N) is 1. The molecule has 1 atom stereocenters. The molecule has 2 aliphatic rings. The van der Waals surface area contributed by atoms with Crippen molar-refractivity contribution in [3.8, 4) is 0 Å². The van der Waals surface area contributed by atoms with E-state index in [2.05, 4.69) is 20.6 Å². The Morgan fingerprint density at radius 1 is 1.24 bits per heavy atom. The summed E-state index contributed by atoms with van der Waals surface area (Å²) in [6.45, 7) is 0.889. The fourth-order valence-corrected chi connectivity index (χ4v) is 4.04. The van der Waals surface area contributed by atoms with E-state index in [1.54, 1.807) is 4.90 Å². The first-order valence-corrected chi connectivity index (χ1v) is 10.3. The molecule has 0 saturated carbocycles. The van der Waals surface area contributed by atoms with Gasteiger partial charge in [0, 0.05) is 43.2 Å². The number of primary amides is 1. The second-order valence-corrected chi connectivity index (χ2v) is 7.92. The summed E-state index contributed by atoms with van der Waals surface area (Å²) < 4.78 is 0. The Bertz CT molecular complexity index is 1200. The molecule has 33 heavy (non-hydrogen) atoms.